The molecule has 0 saturated heterocycles. The van der Waals surface area contributed by atoms with E-state index in [4.69, 9.17) is 0 Å². The van der Waals surface area contributed by atoms with Crippen LogP contribution in [0.15, 0.2) is 18.2 Å². The summed E-state index contributed by atoms with van der Waals surface area (Å²) < 4.78 is 14.1. The number of nitrogens with zero attached hydrogens (tertiary/aromatic N) is 4. The van der Waals surface area contributed by atoms with Gasteiger partial charge >= 0.3 is 5.69 Å². The molecule has 1 N–H and O–H groups in total. The molecule has 0 amide bonds. The van der Waals surface area contributed by atoms with Gasteiger partial charge in [0.15, 0.2) is 0 Å². The Bertz CT molecular complexity index is 626. The van der Waals surface area contributed by atoms with Crippen LogP contribution < -0.4 is 5.32 Å². The van der Waals surface area contributed by atoms with Crippen molar-refractivity contribution in [2.45, 2.75) is 6.54 Å². The van der Waals surface area contributed by atoms with Crippen LogP contribution >= 0.6 is 0 Å². The first kappa shape index (κ1) is 13.1. The van der Waals surface area contributed by atoms with Gasteiger partial charge in [-0.3, -0.25) is 10.1 Å². The smallest absolute Gasteiger partial charge is 0.305 e. The highest BCUT2D eigenvalue weighted by Crippen LogP contribution is 2.29. The number of hydrogen-bond acceptors (Lipinski definition) is 5. The minimum absolute atomic E-state index is 0.0764. The molecule has 7 nitrogen and oxygen atoms in total. The maximum absolute atomic E-state index is 14.1. The molecule has 0 atom stereocenters. The van der Waals surface area contributed by atoms with Crippen LogP contribution in [-0.4, -0.2) is 27.0 Å². The molecule has 1 aromatic carbocycles. The van der Waals surface area contributed by atoms with E-state index in [1.54, 1.807) is 14.1 Å². The van der Waals surface area contributed by atoms with Gasteiger partial charge in [0.2, 0.25) is 5.82 Å². The Labute approximate surface area is 108 Å². The zero-order valence-corrected chi connectivity index (χ0v) is 10.4. The van der Waals surface area contributed by atoms with E-state index in [0.717, 1.165) is 6.07 Å². The highest BCUT2D eigenvalue weighted by atomic mass is 19.1. The van der Waals surface area contributed by atoms with E-state index in [1.807, 2.05) is 0 Å². The third-order valence-electron chi connectivity index (χ3n) is 2.56. The molecule has 1 aromatic heterocycles. The number of nitro benzene ring substituents is 1. The topological polar surface area (TPSA) is 85.9 Å². The zero-order valence-electron chi connectivity index (χ0n) is 10.4. The van der Waals surface area contributed by atoms with Crippen LogP contribution in [0.1, 0.15) is 5.69 Å². The van der Waals surface area contributed by atoms with Crippen LogP contribution in [0.5, 0.6) is 0 Å². The lowest BCUT2D eigenvalue weighted by Gasteiger charge is -2.02. The molecular weight excluding hydrogens is 253 g/mol. The van der Waals surface area contributed by atoms with Crippen LogP contribution in [-0.2, 0) is 13.6 Å². The summed E-state index contributed by atoms with van der Waals surface area (Å²) >= 11 is 0. The number of aromatic nitrogens is 3. The van der Waals surface area contributed by atoms with Crippen molar-refractivity contribution < 1.29 is 9.31 Å². The van der Waals surface area contributed by atoms with Gasteiger partial charge in [0.1, 0.15) is 11.4 Å². The van der Waals surface area contributed by atoms with E-state index in [2.05, 4.69) is 15.5 Å². The van der Waals surface area contributed by atoms with E-state index in [9.17, 15) is 14.5 Å². The maximum atomic E-state index is 14.1. The number of hydrogen-bond donors (Lipinski definition) is 1. The van der Waals surface area contributed by atoms with Gasteiger partial charge in [0.25, 0.3) is 0 Å². The second kappa shape index (κ2) is 5.11. The Balaban J connectivity index is 2.59. The lowest BCUT2D eigenvalue weighted by molar-refractivity contribution is -0.387. The minimum atomic E-state index is -0.898. The monoisotopic (exact) mass is 265 g/mol. The van der Waals surface area contributed by atoms with E-state index >= 15 is 0 Å². The molecule has 0 spiro atoms. The first-order chi connectivity index (χ1) is 9.04. The van der Waals surface area contributed by atoms with Crippen molar-refractivity contribution in [2.75, 3.05) is 7.05 Å². The van der Waals surface area contributed by atoms with Gasteiger partial charge < -0.3 is 5.32 Å². The fourth-order valence-electron chi connectivity index (χ4n) is 1.79. The fraction of sp³-hybridized carbons (Fsp3) is 0.273. The predicted octanol–water partition coefficient (Wildman–Crippen LogP) is 1.25. The second-order valence-electron chi connectivity index (χ2n) is 3.91. The van der Waals surface area contributed by atoms with Crippen LogP contribution in [0.25, 0.3) is 11.3 Å². The summed E-state index contributed by atoms with van der Waals surface area (Å²) in [5.74, 6) is -0.898. The highest BCUT2D eigenvalue weighted by Gasteiger charge is 2.22. The Hall–Kier alpha value is -2.35. The standard InChI is InChI=1S/C11H12FN5O2/c1-13-6-8-11(15-16(2)14-8)7-4-3-5-9(10(7)12)17(18)19/h3-5,13H,6H2,1-2H3. The SMILES string of the molecule is CNCc1nn(C)nc1-c1cccc([N+](=O)[O-])c1F. The van der Waals surface area contributed by atoms with Gasteiger partial charge in [0.05, 0.1) is 4.92 Å². The van der Waals surface area contributed by atoms with Gasteiger partial charge in [-0.1, -0.05) is 6.07 Å². The van der Waals surface area contributed by atoms with Gasteiger partial charge in [-0.2, -0.15) is 19.4 Å². The van der Waals surface area contributed by atoms with Crippen molar-refractivity contribution in [2.24, 2.45) is 7.05 Å². The molecule has 0 aliphatic rings. The molecule has 0 fully saturated rings. The highest BCUT2D eigenvalue weighted by molar-refractivity contribution is 5.65. The van der Waals surface area contributed by atoms with E-state index < -0.39 is 16.4 Å². The summed E-state index contributed by atoms with van der Waals surface area (Å²) in [6, 6.07) is 3.99. The number of halogens is 1. The normalized spacial score (nSPS) is 10.7. The maximum Gasteiger partial charge on any atom is 0.305 e. The van der Waals surface area contributed by atoms with Gasteiger partial charge in [-0.05, 0) is 13.1 Å². The number of nitrogens with one attached hydrogen (secondary N) is 1. The molecule has 2 aromatic rings. The van der Waals surface area contributed by atoms with Gasteiger partial charge in [-0.25, -0.2) is 0 Å². The van der Waals surface area contributed by atoms with Crippen molar-refractivity contribution >= 4 is 5.69 Å². The number of aryl methyl sites for hydroxylation is 1. The minimum Gasteiger partial charge on any atom is -0.314 e. The van der Waals surface area contributed by atoms with E-state index in [0.29, 0.717) is 17.9 Å². The van der Waals surface area contributed by atoms with Crippen molar-refractivity contribution in [1.82, 2.24) is 20.3 Å². The molecule has 19 heavy (non-hydrogen) atoms. The summed E-state index contributed by atoms with van der Waals surface area (Å²) in [7, 11) is 3.33. The molecule has 2 rings (SSSR count). The van der Waals surface area contributed by atoms with Crippen molar-refractivity contribution in [3.05, 3.63) is 39.8 Å². The zero-order chi connectivity index (χ0) is 14.0. The first-order valence-electron chi connectivity index (χ1n) is 5.52. The number of benzene rings is 1. The quantitative estimate of drug-likeness (QED) is 0.664. The molecule has 1 heterocycles. The summed E-state index contributed by atoms with van der Waals surface area (Å²) in [5.41, 5.74) is 0.341. The fourth-order valence-corrected chi connectivity index (χ4v) is 1.79. The molecule has 100 valence electrons. The van der Waals surface area contributed by atoms with E-state index in [-0.39, 0.29) is 5.56 Å². The van der Waals surface area contributed by atoms with Gasteiger partial charge in [-0.15, -0.1) is 0 Å². The summed E-state index contributed by atoms with van der Waals surface area (Å²) in [4.78, 5) is 11.3. The predicted molar refractivity (Wildman–Crippen MR) is 65.8 cm³/mol. The Morgan fingerprint density at radius 3 is 2.84 bits per heavy atom. The van der Waals surface area contributed by atoms with E-state index in [1.165, 1.54) is 16.9 Å². The van der Waals surface area contributed by atoms with Crippen molar-refractivity contribution in [3.8, 4) is 11.3 Å². The van der Waals surface area contributed by atoms with Crippen LogP contribution in [0, 0.1) is 15.9 Å². The summed E-state index contributed by atoms with van der Waals surface area (Å²) in [6.07, 6.45) is 0. The largest absolute Gasteiger partial charge is 0.314 e. The summed E-state index contributed by atoms with van der Waals surface area (Å²) in [6.45, 7) is 0.394. The molecule has 0 saturated carbocycles. The first-order valence-corrected chi connectivity index (χ1v) is 5.52. The number of rotatable bonds is 4. The Kier molecular flexibility index (Phi) is 3.52. The average Bonchev–Trinajstić information content (AvgIpc) is 2.70. The number of nitro groups is 1. The van der Waals surface area contributed by atoms with Crippen LogP contribution in [0.2, 0.25) is 0 Å². The lowest BCUT2D eigenvalue weighted by Crippen LogP contribution is -2.07. The molecule has 0 aliphatic carbocycles. The molecule has 0 radical (unpaired) electrons. The molecule has 8 heteroatoms. The third kappa shape index (κ3) is 2.43. The molecular formula is C11H12FN5O2. The molecule has 0 aliphatic heterocycles. The molecule has 0 unspecified atom stereocenters. The summed E-state index contributed by atoms with van der Waals surface area (Å²) in [5, 5.41) is 21.8. The molecule has 0 bridgehead atoms. The third-order valence-corrected chi connectivity index (χ3v) is 2.56. The van der Waals surface area contributed by atoms with Crippen molar-refractivity contribution in [3.63, 3.8) is 0 Å². The van der Waals surface area contributed by atoms with Crippen LogP contribution in [0.3, 0.4) is 0 Å². The Morgan fingerprint density at radius 2 is 2.21 bits per heavy atom. The van der Waals surface area contributed by atoms with Gasteiger partial charge in [0, 0.05) is 25.2 Å². The van der Waals surface area contributed by atoms with Crippen LogP contribution in [0.4, 0.5) is 10.1 Å². The van der Waals surface area contributed by atoms with Crippen molar-refractivity contribution in [1.29, 1.82) is 0 Å². The average molecular weight is 265 g/mol. The second-order valence-corrected chi connectivity index (χ2v) is 3.91. The lowest BCUT2D eigenvalue weighted by atomic mass is 10.1. The Morgan fingerprint density at radius 1 is 1.47 bits per heavy atom.